The van der Waals surface area contributed by atoms with Crippen molar-refractivity contribution in [3.63, 3.8) is 0 Å². The molecule has 1 aromatic heterocycles. The third-order valence-corrected chi connectivity index (χ3v) is 6.09. The van der Waals surface area contributed by atoms with Crippen molar-refractivity contribution in [1.29, 1.82) is 0 Å². The molecule has 2 aromatic rings. The maximum absolute atomic E-state index is 13.8. The van der Waals surface area contributed by atoms with E-state index in [4.69, 9.17) is 13.9 Å². The zero-order chi connectivity index (χ0) is 27.1. The highest BCUT2D eigenvalue weighted by Gasteiger charge is 2.59. The van der Waals surface area contributed by atoms with Gasteiger partial charge in [-0.2, -0.15) is 0 Å². The molecule has 0 saturated heterocycles. The van der Waals surface area contributed by atoms with Gasteiger partial charge in [0.25, 0.3) is 0 Å². The van der Waals surface area contributed by atoms with E-state index in [1.165, 1.54) is 6.92 Å². The molecule has 0 spiro atoms. The van der Waals surface area contributed by atoms with Crippen LogP contribution in [0.3, 0.4) is 0 Å². The van der Waals surface area contributed by atoms with E-state index < -0.39 is 34.3 Å². The molecule has 0 amide bonds. The predicted molar refractivity (Wildman–Crippen MR) is 136 cm³/mol. The van der Waals surface area contributed by atoms with Crippen molar-refractivity contribution in [2.45, 2.75) is 67.3 Å². The second-order valence-electron chi connectivity index (χ2n) is 10.9. The highest BCUT2D eigenvalue weighted by molar-refractivity contribution is 6.33. The van der Waals surface area contributed by atoms with E-state index in [-0.39, 0.29) is 45.9 Å². The number of nitrogens with one attached hydrogen (secondary N) is 1. The molecule has 194 valence electrons. The van der Waals surface area contributed by atoms with Crippen LogP contribution in [0.25, 0.3) is 22.2 Å². The Morgan fingerprint density at radius 3 is 2.14 bits per heavy atom. The highest BCUT2D eigenvalue weighted by atomic mass is 16.5. The molecule has 1 N–H and O–H groups in total. The molecule has 0 bridgehead atoms. The van der Waals surface area contributed by atoms with Crippen molar-refractivity contribution in [3.8, 4) is 0 Å². The molecule has 8 heteroatoms. The standard InChI is InChI=1S/C28H35NO7/c1-9-34-24(32)21-19-17-13-11-12-14-18(17)36-23(31)20(19)22(29-27(7,8)15-26(4,5)6)28(21,16(3)30)25(33)35-10-2/h11-14,29H,9-10,15H2,1-8H3. The molecule has 0 saturated carbocycles. The quantitative estimate of drug-likeness (QED) is 0.337. The normalized spacial score (nSPS) is 17.7. The van der Waals surface area contributed by atoms with Crippen LogP contribution in [0.15, 0.2) is 33.5 Å². The van der Waals surface area contributed by atoms with Crippen LogP contribution in [0.1, 0.15) is 61.8 Å². The maximum atomic E-state index is 13.8. The van der Waals surface area contributed by atoms with Crippen molar-refractivity contribution >= 4 is 40.0 Å². The minimum Gasteiger partial charge on any atom is -0.465 e. The van der Waals surface area contributed by atoms with E-state index in [1.54, 1.807) is 38.1 Å². The molecule has 0 aliphatic heterocycles. The molecular weight excluding hydrogens is 462 g/mol. The Kier molecular flexibility index (Phi) is 7.22. The second-order valence-corrected chi connectivity index (χ2v) is 10.9. The summed E-state index contributed by atoms with van der Waals surface area (Å²) in [6, 6.07) is 6.68. The Morgan fingerprint density at radius 2 is 1.58 bits per heavy atom. The van der Waals surface area contributed by atoms with Crippen LogP contribution in [0.4, 0.5) is 0 Å². The average Bonchev–Trinajstić information content (AvgIpc) is 3.04. The van der Waals surface area contributed by atoms with Crippen LogP contribution in [0.2, 0.25) is 0 Å². The fraction of sp³-hybridized carbons (Fsp3) is 0.500. The van der Waals surface area contributed by atoms with Gasteiger partial charge in [-0.15, -0.1) is 0 Å². The largest absolute Gasteiger partial charge is 0.465 e. The van der Waals surface area contributed by atoms with Gasteiger partial charge in [0.1, 0.15) is 5.58 Å². The lowest BCUT2D eigenvalue weighted by Gasteiger charge is -2.39. The number of ketones is 1. The van der Waals surface area contributed by atoms with E-state index in [0.717, 1.165) is 0 Å². The SMILES string of the molecule is CCOC(=O)C1=c2c(c(=O)oc3ccccc23)=C(NC(C)(C)CC(C)(C)C)C1(C(C)=O)C(=O)OCC. The summed E-state index contributed by atoms with van der Waals surface area (Å²) in [6.07, 6.45) is 0.614. The molecule has 1 aliphatic rings. The zero-order valence-corrected chi connectivity index (χ0v) is 22.3. The summed E-state index contributed by atoms with van der Waals surface area (Å²) in [5.74, 6) is -2.49. The van der Waals surface area contributed by atoms with Gasteiger partial charge in [0, 0.05) is 16.1 Å². The van der Waals surface area contributed by atoms with Crippen molar-refractivity contribution in [2.75, 3.05) is 13.2 Å². The summed E-state index contributed by atoms with van der Waals surface area (Å²) in [4.78, 5) is 54.3. The molecule has 8 nitrogen and oxygen atoms in total. The van der Waals surface area contributed by atoms with Crippen LogP contribution in [-0.4, -0.2) is 36.5 Å². The first-order valence-electron chi connectivity index (χ1n) is 12.2. The fourth-order valence-electron chi connectivity index (χ4n) is 5.40. The molecule has 1 aromatic carbocycles. The number of rotatable bonds is 8. The topological polar surface area (TPSA) is 112 Å². The molecule has 1 unspecified atom stereocenters. The zero-order valence-electron chi connectivity index (χ0n) is 22.3. The first kappa shape index (κ1) is 27.2. The van der Waals surface area contributed by atoms with Gasteiger partial charge >= 0.3 is 17.6 Å². The lowest BCUT2D eigenvalue weighted by molar-refractivity contribution is -0.154. The summed E-state index contributed by atoms with van der Waals surface area (Å²) in [5, 5.41) is 3.84. The van der Waals surface area contributed by atoms with E-state index >= 15 is 0 Å². The minimum atomic E-state index is -2.22. The monoisotopic (exact) mass is 497 g/mol. The van der Waals surface area contributed by atoms with Gasteiger partial charge in [0.15, 0.2) is 11.2 Å². The lowest BCUT2D eigenvalue weighted by atomic mass is 9.74. The van der Waals surface area contributed by atoms with Gasteiger partial charge in [-0.1, -0.05) is 39.0 Å². The number of hydrogen-bond acceptors (Lipinski definition) is 8. The van der Waals surface area contributed by atoms with Gasteiger partial charge in [-0.05, 0) is 52.5 Å². The summed E-state index contributed by atoms with van der Waals surface area (Å²) < 4.78 is 16.4. The first-order chi connectivity index (χ1) is 16.7. The van der Waals surface area contributed by atoms with Crippen molar-refractivity contribution in [2.24, 2.45) is 10.8 Å². The van der Waals surface area contributed by atoms with E-state index in [2.05, 4.69) is 26.1 Å². The van der Waals surface area contributed by atoms with Gasteiger partial charge in [0.2, 0.25) is 0 Å². The first-order valence-corrected chi connectivity index (χ1v) is 12.2. The Bertz CT molecular complexity index is 1410. The average molecular weight is 498 g/mol. The summed E-state index contributed by atoms with van der Waals surface area (Å²) in [5.41, 5.74) is -3.85. The maximum Gasteiger partial charge on any atom is 0.346 e. The Morgan fingerprint density at radius 1 is 0.972 bits per heavy atom. The third kappa shape index (κ3) is 4.56. The molecule has 36 heavy (non-hydrogen) atoms. The van der Waals surface area contributed by atoms with Crippen LogP contribution >= 0.6 is 0 Å². The van der Waals surface area contributed by atoms with E-state index in [9.17, 15) is 19.2 Å². The van der Waals surface area contributed by atoms with Crippen LogP contribution in [0, 0.1) is 10.8 Å². The number of para-hydroxylation sites is 1. The second kappa shape index (κ2) is 9.56. The number of carbonyl (C=O) groups is 3. The number of carbonyl (C=O) groups excluding carboxylic acids is 3. The Labute approximate surface area is 210 Å². The number of esters is 2. The number of benzene rings is 1. The number of fused-ring (bicyclic) bond motifs is 3. The van der Waals surface area contributed by atoms with Crippen LogP contribution in [-0.2, 0) is 23.9 Å². The summed E-state index contributed by atoms with van der Waals surface area (Å²) >= 11 is 0. The summed E-state index contributed by atoms with van der Waals surface area (Å²) in [7, 11) is 0. The van der Waals surface area contributed by atoms with Crippen LogP contribution in [0.5, 0.6) is 0 Å². The van der Waals surface area contributed by atoms with Crippen molar-refractivity contribution in [1.82, 2.24) is 5.32 Å². The van der Waals surface area contributed by atoms with Crippen molar-refractivity contribution < 1.29 is 28.3 Å². The molecule has 1 aliphatic carbocycles. The van der Waals surface area contributed by atoms with Gasteiger partial charge in [-0.25, -0.2) is 9.59 Å². The number of ether oxygens (including phenoxy) is 2. The molecule has 0 fully saturated rings. The number of hydrogen-bond donors (Lipinski definition) is 1. The van der Waals surface area contributed by atoms with Gasteiger partial charge < -0.3 is 19.2 Å². The molecule has 1 heterocycles. The van der Waals surface area contributed by atoms with Crippen molar-refractivity contribution in [3.05, 3.63) is 45.1 Å². The fourth-order valence-corrected chi connectivity index (χ4v) is 5.40. The Hall–Kier alpha value is -3.42. The molecule has 0 radical (unpaired) electrons. The lowest BCUT2D eigenvalue weighted by Crippen LogP contribution is -2.53. The van der Waals surface area contributed by atoms with Crippen LogP contribution < -0.4 is 21.4 Å². The van der Waals surface area contributed by atoms with Gasteiger partial charge in [-0.3, -0.25) is 9.59 Å². The van der Waals surface area contributed by atoms with E-state index in [0.29, 0.717) is 11.8 Å². The summed E-state index contributed by atoms with van der Waals surface area (Å²) in [6.45, 7) is 14.4. The molecule has 1 atom stereocenters. The predicted octanol–water partition coefficient (Wildman–Crippen LogP) is 2.57. The van der Waals surface area contributed by atoms with Gasteiger partial charge in [0.05, 0.1) is 29.7 Å². The smallest absolute Gasteiger partial charge is 0.346 e. The third-order valence-electron chi connectivity index (χ3n) is 6.09. The minimum absolute atomic E-state index is 0.00608. The number of Topliss-reactive ketones (excluding diaryl/α,β-unsaturated/α-hetero) is 1. The molecular formula is C28H35NO7. The molecule has 3 rings (SSSR count). The Balaban J connectivity index is 2.63. The van der Waals surface area contributed by atoms with E-state index in [1.807, 2.05) is 13.8 Å². The highest BCUT2D eigenvalue weighted by Crippen LogP contribution is 2.43.